The molecule has 80 valence electrons. The minimum atomic E-state index is 0.255. The van der Waals surface area contributed by atoms with Gasteiger partial charge in [-0.05, 0) is 19.3 Å². The lowest BCUT2D eigenvalue weighted by Gasteiger charge is -2.40. The summed E-state index contributed by atoms with van der Waals surface area (Å²) in [7, 11) is 4.59. The Morgan fingerprint density at radius 2 is 1.86 bits per heavy atom. The Morgan fingerprint density at radius 3 is 2.57 bits per heavy atom. The van der Waals surface area contributed by atoms with E-state index in [9.17, 15) is 4.79 Å². The third-order valence-electron chi connectivity index (χ3n) is 4.16. The molecular formula is C11H21N2O+. The smallest absolute Gasteiger partial charge is 0.226 e. The number of likely N-dealkylation sites (N-methyl/N-ethyl adjacent to an activating group) is 1. The van der Waals surface area contributed by atoms with Crippen LogP contribution in [0.15, 0.2) is 0 Å². The highest BCUT2D eigenvalue weighted by Crippen LogP contribution is 2.29. The van der Waals surface area contributed by atoms with Gasteiger partial charge in [0.2, 0.25) is 5.91 Å². The van der Waals surface area contributed by atoms with Crippen molar-refractivity contribution >= 4 is 5.91 Å². The first-order valence-electron chi connectivity index (χ1n) is 5.71. The summed E-state index contributed by atoms with van der Waals surface area (Å²) in [4.78, 5) is 11.5. The fourth-order valence-corrected chi connectivity index (χ4v) is 2.92. The zero-order valence-corrected chi connectivity index (χ0v) is 9.25. The van der Waals surface area contributed by atoms with E-state index in [0.29, 0.717) is 12.1 Å². The molecule has 0 spiro atoms. The summed E-state index contributed by atoms with van der Waals surface area (Å²) in [6.07, 6.45) is 5.85. The summed E-state index contributed by atoms with van der Waals surface area (Å²) in [6.45, 7) is 0.877. The van der Waals surface area contributed by atoms with E-state index in [1.165, 1.54) is 25.7 Å². The van der Waals surface area contributed by atoms with Crippen molar-refractivity contribution in [2.24, 2.45) is 0 Å². The first-order valence-corrected chi connectivity index (χ1v) is 5.71. The number of carbonyl (C=O) groups is 1. The molecule has 0 aliphatic carbocycles. The molecule has 2 atom stereocenters. The summed E-state index contributed by atoms with van der Waals surface area (Å²) < 4.78 is 1.04. The van der Waals surface area contributed by atoms with Gasteiger partial charge in [-0.3, -0.25) is 4.79 Å². The van der Waals surface area contributed by atoms with Crippen LogP contribution in [0.3, 0.4) is 0 Å². The summed E-state index contributed by atoms with van der Waals surface area (Å²) in [6, 6.07) is 1.18. The van der Waals surface area contributed by atoms with Crippen LogP contribution in [0, 0.1) is 0 Å². The largest absolute Gasteiger partial charge is 0.350 e. The number of amides is 1. The molecule has 2 bridgehead atoms. The zero-order chi connectivity index (χ0) is 10.2. The average Bonchev–Trinajstić information content (AvgIpc) is 2.32. The van der Waals surface area contributed by atoms with Crippen molar-refractivity contribution in [2.45, 2.75) is 44.2 Å². The fourth-order valence-electron chi connectivity index (χ4n) is 2.92. The fraction of sp³-hybridized carbons (Fsp3) is 0.909. The number of carbonyl (C=O) groups excluding carboxylic acids is 1. The minimum absolute atomic E-state index is 0.255. The molecule has 2 saturated heterocycles. The Kier molecular flexibility index (Phi) is 2.52. The van der Waals surface area contributed by atoms with Gasteiger partial charge in [0, 0.05) is 6.42 Å². The second-order valence-corrected chi connectivity index (χ2v) is 5.23. The molecule has 2 fully saturated rings. The van der Waals surface area contributed by atoms with Crippen LogP contribution in [0.4, 0.5) is 0 Å². The number of hydrogen-bond donors (Lipinski definition) is 1. The Morgan fingerprint density at radius 1 is 1.21 bits per heavy atom. The number of nitrogens with zero attached hydrogens (tertiary/aromatic N) is 1. The maximum atomic E-state index is 11.5. The van der Waals surface area contributed by atoms with Crippen molar-refractivity contribution in [2.75, 3.05) is 20.6 Å². The molecule has 2 unspecified atom stereocenters. The van der Waals surface area contributed by atoms with Gasteiger partial charge in [0.15, 0.2) is 0 Å². The van der Waals surface area contributed by atoms with Crippen LogP contribution in [0.1, 0.15) is 32.1 Å². The van der Waals surface area contributed by atoms with Crippen LogP contribution in [0.2, 0.25) is 0 Å². The topological polar surface area (TPSA) is 29.1 Å². The van der Waals surface area contributed by atoms with Gasteiger partial charge in [0.05, 0.1) is 33.1 Å². The van der Waals surface area contributed by atoms with Crippen LogP contribution < -0.4 is 5.32 Å². The Labute approximate surface area is 86.1 Å². The Hall–Kier alpha value is -0.570. The van der Waals surface area contributed by atoms with E-state index in [1.807, 2.05) is 0 Å². The van der Waals surface area contributed by atoms with Gasteiger partial charge in [0.1, 0.15) is 6.04 Å². The van der Waals surface area contributed by atoms with Gasteiger partial charge in [-0.15, -0.1) is 0 Å². The maximum Gasteiger partial charge on any atom is 0.226 e. The molecule has 1 amide bonds. The molecule has 2 aliphatic heterocycles. The van der Waals surface area contributed by atoms with Gasteiger partial charge in [-0.2, -0.15) is 0 Å². The van der Waals surface area contributed by atoms with E-state index >= 15 is 0 Å². The molecule has 0 radical (unpaired) electrons. The van der Waals surface area contributed by atoms with E-state index in [-0.39, 0.29) is 5.91 Å². The molecule has 2 aliphatic rings. The van der Waals surface area contributed by atoms with E-state index in [2.05, 4.69) is 19.4 Å². The monoisotopic (exact) mass is 197 g/mol. The summed E-state index contributed by atoms with van der Waals surface area (Å²) in [5, 5.41) is 3.04. The van der Waals surface area contributed by atoms with Crippen LogP contribution in [0.5, 0.6) is 0 Å². The molecule has 2 rings (SSSR count). The number of rotatable bonds is 0. The first-order chi connectivity index (χ1) is 6.60. The SMILES string of the molecule is C[N+]1(C)C2CCCCC1CC(=O)NC2. The van der Waals surface area contributed by atoms with Gasteiger partial charge < -0.3 is 9.80 Å². The van der Waals surface area contributed by atoms with Gasteiger partial charge in [-0.1, -0.05) is 0 Å². The lowest BCUT2D eigenvalue weighted by molar-refractivity contribution is -0.935. The molecule has 0 aromatic heterocycles. The normalized spacial score (nSPS) is 36.9. The number of fused-ring (bicyclic) bond motifs is 2. The summed E-state index contributed by atoms with van der Waals surface area (Å²) >= 11 is 0. The summed E-state index contributed by atoms with van der Waals surface area (Å²) in [5.74, 6) is 0.255. The molecule has 14 heavy (non-hydrogen) atoms. The Bertz CT molecular complexity index is 237. The van der Waals surface area contributed by atoms with Crippen LogP contribution in [-0.2, 0) is 4.79 Å². The van der Waals surface area contributed by atoms with E-state index < -0.39 is 0 Å². The molecule has 0 aromatic rings. The predicted molar refractivity (Wildman–Crippen MR) is 55.8 cm³/mol. The molecule has 0 aromatic carbocycles. The van der Waals surface area contributed by atoms with Crippen LogP contribution in [-0.4, -0.2) is 43.1 Å². The van der Waals surface area contributed by atoms with E-state index in [1.54, 1.807) is 0 Å². The lowest BCUT2D eigenvalue weighted by atomic mass is 10.1. The third kappa shape index (κ3) is 1.65. The zero-order valence-electron chi connectivity index (χ0n) is 9.25. The standard InChI is InChI=1S/C11H20N2O/c1-13(2)9-5-3-4-6-10(13)8-12-11(14)7-9/h9-10H,3-8H2,1-2H3/p+1. The molecule has 3 heteroatoms. The van der Waals surface area contributed by atoms with Crippen LogP contribution >= 0.6 is 0 Å². The van der Waals surface area contributed by atoms with E-state index in [4.69, 9.17) is 0 Å². The second kappa shape index (κ2) is 3.54. The maximum absolute atomic E-state index is 11.5. The molecular weight excluding hydrogens is 176 g/mol. The third-order valence-corrected chi connectivity index (χ3v) is 4.16. The van der Waals surface area contributed by atoms with E-state index in [0.717, 1.165) is 17.4 Å². The summed E-state index contributed by atoms with van der Waals surface area (Å²) in [5.41, 5.74) is 0. The van der Waals surface area contributed by atoms with Crippen molar-refractivity contribution in [3.63, 3.8) is 0 Å². The van der Waals surface area contributed by atoms with Crippen molar-refractivity contribution in [3.05, 3.63) is 0 Å². The predicted octanol–water partition coefficient (Wildman–Crippen LogP) is 0.894. The molecule has 3 nitrogen and oxygen atoms in total. The average molecular weight is 197 g/mol. The first kappa shape index (κ1) is 9.97. The highest BCUT2D eigenvalue weighted by Gasteiger charge is 2.41. The number of hydrogen-bond acceptors (Lipinski definition) is 1. The molecule has 1 N–H and O–H groups in total. The minimum Gasteiger partial charge on any atom is -0.350 e. The quantitative estimate of drug-likeness (QED) is 0.574. The lowest BCUT2D eigenvalue weighted by Crippen LogP contribution is -2.55. The highest BCUT2D eigenvalue weighted by molar-refractivity contribution is 5.76. The van der Waals surface area contributed by atoms with Gasteiger partial charge in [-0.25, -0.2) is 0 Å². The van der Waals surface area contributed by atoms with Crippen molar-refractivity contribution < 1.29 is 9.28 Å². The second-order valence-electron chi connectivity index (χ2n) is 5.23. The van der Waals surface area contributed by atoms with Gasteiger partial charge in [0.25, 0.3) is 0 Å². The van der Waals surface area contributed by atoms with Crippen molar-refractivity contribution in [1.29, 1.82) is 0 Å². The Balaban J connectivity index is 2.25. The number of nitrogens with one attached hydrogen (secondary N) is 1. The number of quaternary nitrogens is 1. The van der Waals surface area contributed by atoms with Crippen LogP contribution in [0.25, 0.3) is 0 Å². The highest BCUT2D eigenvalue weighted by atomic mass is 16.1. The molecule has 0 saturated carbocycles. The van der Waals surface area contributed by atoms with Crippen molar-refractivity contribution in [1.82, 2.24) is 5.32 Å². The van der Waals surface area contributed by atoms with Gasteiger partial charge >= 0.3 is 0 Å². The van der Waals surface area contributed by atoms with Crippen molar-refractivity contribution in [3.8, 4) is 0 Å². The molecule has 2 heterocycles.